The molecule has 3 unspecified atom stereocenters. The maximum absolute atomic E-state index is 12.9. The first-order chi connectivity index (χ1) is 13.3. The molecular weight excluding hydrogens is 399 g/mol. The van der Waals surface area contributed by atoms with Crippen LogP contribution in [0.15, 0.2) is 23.8 Å². The summed E-state index contributed by atoms with van der Waals surface area (Å²) in [5.74, 6) is -2.35. The SMILES string of the molecule is COP(=O)(OC)C1C(=O)C=C(C(=O)OC(C)(C)C)C1/C=C/CCC(C)OC(C)=O. The molecule has 0 saturated heterocycles. The molecule has 8 nitrogen and oxygen atoms in total. The lowest BCUT2D eigenvalue weighted by molar-refractivity contribution is -0.150. The van der Waals surface area contributed by atoms with Crippen LogP contribution in [-0.2, 0) is 37.5 Å². The minimum atomic E-state index is -3.79. The molecule has 0 aromatic carbocycles. The van der Waals surface area contributed by atoms with Crippen LogP contribution in [0.1, 0.15) is 47.5 Å². The molecule has 0 bridgehead atoms. The van der Waals surface area contributed by atoms with Gasteiger partial charge in [-0.05, 0) is 46.6 Å². The molecule has 1 aliphatic carbocycles. The zero-order valence-corrected chi connectivity index (χ0v) is 19.0. The molecule has 1 aliphatic rings. The number of hydrogen-bond acceptors (Lipinski definition) is 8. The van der Waals surface area contributed by atoms with Crippen molar-refractivity contribution in [1.82, 2.24) is 0 Å². The summed E-state index contributed by atoms with van der Waals surface area (Å²) in [5.41, 5.74) is -1.81. The van der Waals surface area contributed by atoms with E-state index >= 15 is 0 Å². The largest absolute Gasteiger partial charge is 0.463 e. The van der Waals surface area contributed by atoms with E-state index in [0.29, 0.717) is 12.8 Å². The van der Waals surface area contributed by atoms with Crippen LogP contribution in [0.25, 0.3) is 0 Å². The van der Waals surface area contributed by atoms with Crippen molar-refractivity contribution in [3.63, 3.8) is 0 Å². The predicted octanol–water partition coefficient (Wildman–Crippen LogP) is 3.60. The summed E-state index contributed by atoms with van der Waals surface area (Å²) in [7, 11) is -1.39. The zero-order valence-electron chi connectivity index (χ0n) is 18.1. The monoisotopic (exact) mass is 430 g/mol. The Kier molecular flexibility index (Phi) is 9.00. The maximum atomic E-state index is 12.9. The van der Waals surface area contributed by atoms with Crippen molar-refractivity contribution >= 4 is 25.3 Å². The lowest BCUT2D eigenvalue weighted by Gasteiger charge is -2.26. The van der Waals surface area contributed by atoms with E-state index in [1.54, 1.807) is 39.8 Å². The highest BCUT2D eigenvalue weighted by molar-refractivity contribution is 7.55. The lowest BCUT2D eigenvalue weighted by Crippen LogP contribution is -2.29. The van der Waals surface area contributed by atoms with Crippen LogP contribution in [-0.4, -0.2) is 49.3 Å². The number of ketones is 1. The number of carbonyl (C=O) groups is 3. The van der Waals surface area contributed by atoms with Crippen molar-refractivity contribution in [2.45, 2.75) is 64.8 Å². The second-order valence-corrected chi connectivity index (χ2v) is 10.2. The molecule has 0 aliphatic heterocycles. The number of esters is 2. The normalized spacial score (nSPS) is 21.2. The molecule has 0 aromatic heterocycles. The van der Waals surface area contributed by atoms with Crippen LogP contribution in [0, 0.1) is 5.92 Å². The van der Waals surface area contributed by atoms with E-state index in [1.165, 1.54) is 21.1 Å². The van der Waals surface area contributed by atoms with Crippen molar-refractivity contribution in [1.29, 1.82) is 0 Å². The average molecular weight is 430 g/mol. The van der Waals surface area contributed by atoms with Crippen molar-refractivity contribution in [3.05, 3.63) is 23.8 Å². The first-order valence-corrected chi connectivity index (χ1v) is 11.0. The second kappa shape index (κ2) is 10.3. The van der Waals surface area contributed by atoms with Crippen molar-refractivity contribution in [3.8, 4) is 0 Å². The van der Waals surface area contributed by atoms with Gasteiger partial charge < -0.3 is 18.5 Å². The molecule has 0 fully saturated rings. The molecule has 0 N–H and O–H groups in total. The van der Waals surface area contributed by atoms with Gasteiger partial charge in [-0.3, -0.25) is 14.2 Å². The van der Waals surface area contributed by atoms with Crippen LogP contribution in [0.3, 0.4) is 0 Å². The summed E-state index contributed by atoms with van der Waals surface area (Å²) in [4.78, 5) is 36.2. The first-order valence-electron chi connectivity index (χ1n) is 9.38. The highest BCUT2D eigenvalue weighted by atomic mass is 31.2. The minimum Gasteiger partial charge on any atom is -0.463 e. The Balaban J connectivity index is 3.09. The number of carbonyl (C=O) groups excluding carboxylic acids is 3. The van der Waals surface area contributed by atoms with E-state index in [0.717, 1.165) is 6.08 Å². The standard InChI is InChI=1S/C20H31O8P/c1-13(27-14(2)21)10-8-9-11-15-16(19(23)28-20(3,4)5)12-17(22)18(15)29(24,25-6)26-7/h9,11-13,15,18H,8,10H2,1-7H3/b11-9+. The van der Waals surface area contributed by atoms with Gasteiger partial charge in [-0.15, -0.1) is 0 Å². The van der Waals surface area contributed by atoms with E-state index in [4.69, 9.17) is 18.5 Å². The third-order valence-corrected chi connectivity index (χ3v) is 6.50. The highest BCUT2D eigenvalue weighted by Crippen LogP contribution is 2.58. The molecule has 0 spiro atoms. The van der Waals surface area contributed by atoms with Crippen molar-refractivity contribution in [2.75, 3.05) is 14.2 Å². The maximum Gasteiger partial charge on any atom is 0.341 e. The van der Waals surface area contributed by atoms with E-state index < -0.39 is 36.5 Å². The second-order valence-electron chi connectivity index (χ2n) is 7.81. The Hall–Kier alpha value is -1.76. The predicted molar refractivity (Wildman–Crippen MR) is 107 cm³/mol. The van der Waals surface area contributed by atoms with Gasteiger partial charge in [0.2, 0.25) is 0 Å². The van der Waals surface area contributed by atoms with Gasteiger partial charge in [0.15, 0.2) is 5.78 Å². The lowest BCUT2D eigenvalue weighted by atomic mass is 9.99. The van der Waals surface area contributed by atoms with E-state index in [-0.39, 0.29) is 17.6 Å². The smallest absolute Gasteiger partial charge is 0.341 e. The third kappa shape index (κ3) is 7.21. The Morgan fingerprint density at radius 3 is 2.31 bits per heavy atom. The fourth-order valence-corrected chi connectivity index (χ4v) is 4.64. The van der Waals surface area contributed by atoms with E-state index in [2.05, 4.69) is 0 Å². The molecule has 1 rings (SSSR count). The molecule has 9 heteroatoms. The molecular formula is C20H31O8P. The summed E-state index contributed by atoms with van der Waals surface area (Å²) in [6, 6.07) is 0. The number of rotatable bonds is 9. The van der Waals surface area contributed by atoms with E-state index in [9.17, 15) is 18.9 Å². The molecule has 0 heterocycles. The summed E-state index contributed by atoms with van der Waals surface area (Å²) in [6.45, 7) is 8.27. The van der Waals surface area contributed by atoms with Gasteiger partial charge in [-0.2, -0.15) is 0 Å². The molecule has 3 atom stereocenters. The quantitative estimate of drug-likeness (QED) is 0.310. The molecule has 0 saturated carbocycles. The van der Waals surface area contributed by atoms with Crippen LogP contribution in [0.4, 0.5) is 0 Å². The summed E-state index contributed by atoms with van der Waals surface area (Å²) in [6.07, 6.45) is 5.35. The van der Waals surface area contributed by atoms with Crippen LogP contribution >= 0.6 is 7.60 Å². The number of allylic oxidation sites excluding steroid dienone is 3. The van der Waals surface area contributed by atoms with Gasteiger partial charge in [-0.25, -0.2) is 4.79 Å². The van der Waals surface area contributed by atoms with Crippen molar-refractivity contribution in [2.24, 2.45) is 5.92 Å². The Bertz CT molecular complexity index is 723. The van der Waals surface area contributed by atoms with Gasteiger partial charge in [0.1, 0.15) is 11.3 Å². The molecule has 0 radical (unpaired) electrons. The van der Waals surface area contributed by atoms with Crippen LogP contribution in [0.2, 0.25) is 0 Å². The highest BCUT2D eigenvalue weighted by Gasteiger charge is 2.50. The van der Waals surface area contributed by atoms with E-state index in [1.807, 2.05) is 0 Å². The third-order valence-electron chi connectivity index (χ3n) is 4.22. The number of hydrogen-bond donors (Lipinski definition) is 0. The number of ether oxygens (including phenoxy) is 2. The van der Waals surface area contributed by atoms with Gasteiger partial charge in [0, 0.05) is 32.6 Å². The molecule has 0 amide bonds. The van der Waals surface area contributed by atoms with Crippen LogP contribution < -0.4 is 0 Å². The van der Waals surface area contributed by atoms with Crippen LogP contribution in [0.5, 0.6) is 0 Å². The molecule has 0 aromatic rings. The fourth-order valence-electron chi connectivity index (χ4n) is 2.99. The van der Waals surface area contributed by atoms with Gasteiger partial charge >= 0.3 is 19.5 Å². The topological polar surface area (TPSA) is 105 Å². The van der Waals surface area contributed by atoms with Crippen molar-refractivity contribution < 1.29 is 37.5 Å². The zero-order chi connectivity index (χ0) is 22.4. The fraction of sp³-hybridized carbons (Fsp3) is 0.650. The first kappa shape index (κ1) is 25.3. The van der Waals surface area contributed by atoms with Gasteiger partial charge in [0.25, 0.3) is 0 Å². The average Bonchev–Trinajstić information content (AvgIpc) is 2.93. The Labute approximate surface area is 172 Å². The Morgan fingerprint density at radius 1 is 1.24 bits per heavy atom. The van der Waals surface area contributed by atoms with Gasteiger partial charge in [-0.1, -0.05) is 12.2 Å². The summed E-state index contributed by atoms with van der Waals surface area (Å²) >= 11 is 0. The summed E-state index contributed by atoms with van der Waals surface area (Å²) in [5, 5.41) is 0. The molecule has 29 heavy (non-hydrogen) atoms. The van der Waals surface area contributed by atoms with Gasteiger partial charge in [0.05, 0.1) is 6.10 Å². The molecule has 164 valence electrons. The summed E-state index contributed by atoms with van der Waals surface area (Å²) < 4.78 is 33.5. The minimum absolute atomic E-state index is 0.105. The Morgan fingerprint density at radius 2 is 1.83 bits per heavy atom.